The van der Waals surface area contributed by atoms with E-state index in [1.165, 1.54) is 5.56 Å². The summed E-state index contributed by atoms with van der Waals surface area (Å²) >= 11 is 0. The van der Waals surface area contributed by atoms with Crippen LogP contribution in [0.25, 0.3) is 0 Å². The molecule has 6 nitrogen and oxygen atoms in total. The maximum absolute atomic E-state index is 12.7. The number of rotatable bonds is 7. The number of carbonyl (C=O) groups excluding carboxylic acids is 2. The summed E-state index contributed by atoms with van der Waals surface area (Å²) in [6, 6.07) is 17.2. The van der Waals surface area contributed by atoms with Crippen molar-refractivity contribution in [2.75, 3.05) is 12.4 Å². The van der Waals surface area contributed by atoms with E-state index < -0.39 is 0 Å². The van der Waals surface area contributed by atoms with Crippen LogP contribution in [-0.4, -0.2) is 33.5 Å². The van der Waals surface area contributed by atoms with Gasteiger partial charge in [-0.05, 0) is 42.7 Å². The molecule has 4 rings (SSSR count). The molecular weight excluding hydrogens is 364 g/mol. The molecule has 1 fully saturated rings. The van der Waals surface area contributed by atoms with Gasteiger partial charge in [0.05, 0.1) is 12.7 Å². The maximum Gasteiger partial charge on any atom is 0.253 e. The van der Waals surface area contributed by atoms with E-state index in [4.69, 9.17) is 0 Å². The third-order valence-corrected chi connectivity index (χ3v) is 4.99. The van der Waals surface area contributed by atoms with E-state index in [2.05, 4.69) is 22.5 Å². The second kappa shape index (κ2) is 8.31. The first kappa shape index (κ1) is 18.9. The molecule has 0 saturated heterocycles. The van der Waals surface area contributed by atoms with Gasteiger partial charge in [0.15, 0.2) is 0 Å². The second-order valence-electron chi connectivity index (χ2n) is 7.53. The normalized spacial score (nSPS) is 13.1. The molecule has 29 heavy (non-hydrogen) atoms. The lowest BCUT2D eigenvalue weighted by Crippen LogP contribution is -2.26. The highest BCUT2D eigenvalue weighted by Gasteiger charge is 2.29. The molecule has 1 aromatic heterocycles. The molecule has 6 heteroatoms. The number of nitrogens with zero attached hydrogens (tertiary/aromatic N) is 3. The first-order valence-corrected chi connectivity index (χ1v) is 9.80. The fourth-order valence-electron chi connectivity index (χ4n) is 3.20. The van der Waals surface area contributed by atoms with Gasteiger partial charge in [-0.1, -0.05) is 30.3 Å². The van der Waals surface area contributed by atoms with E-state index in [0.29, 0.717) is 18.7 Å². The molecule has 1 N–H and O–H groups in total. The first-order valence-electron chi connectivity index (χ1n) is 9.80. The zero-order valence-electron chi connectivity index (χ0n) is 16.4. The zero-order valence-corrected chi connectivity index (χ0v) is 16.4. The van der Waals surface area contributed by atoms with E-state index >= 15 is 0 Å². The molecule has 0 aliphatic heterocycles. The van der Waals surface area contributed by atoms with Crippen molar-refractivity contribution < 1.29 is 9.59 Å². The molecule has 0 atom stereocenters. The Morgan fingerprint density at radius 3 is 2.48 bits per heavy atom. The van der Waals surface area contributed by atoms with Crippen molar-refractivity contribution in [1.82, 2.24) is 14.7 Å². The molecule has 3 aromatic rings. The fourth-order valence-corrected chi connectivity index (χ4v) is 3.20. The molecule has 0 spiro atoms. The summed E-state index contributed by atoms with van der Waals surface area (Å²) in [5.41, 5.74) is 3.47. The Morgan fingerprint density at radius 2 is 1.79 bits per heavy atom. The average molecular weight is 388 g/mol. The van der Waals surface area contributed by atoms with Gasteiger partial charge in [-0.25, -0.2) is 0 Å². The molecule has 0 radical (unpaired) electrons. The molecule has 0 bridgehead atoms. The summed E-state index contributed by atoms with van der Waals surface area (Å²) in [4.78, 5) is 26.2. The van der Waals surface area contributed by atoms with Gasteiger partial charge < -0.3 is 10.2 Å². The van der Waals surface area contributed by atoms with Crippen LogP contribution >= 0.6 is 0 Å². The first-order chi connectivity index (χ1) is 14.1. The van der Waals surface area contributed by atoms with Gasteiger partial charge in [0.1, 0.15) is 0 Å². The number of amides is 2. The smallest absolute Gasteiger partial charge is 0.253 e. The highest BCUT2D eigenvalue weighted by molar-refractivity contribution is 5.96. The predicted molar refractivity (Wildman–Crippen MR) is 111 cm³/mol. The monoisotopic (exact) mass is 388 g/mol. The molecule has 1 saturated carbocycles. The summed E-state index contributed by atoms with van der Waals surface area (Å²) in [5, 5.41) is 7.28. The molecule has 2 amide bonds. The SMILES string of the molecule is CN(Cc1cnn(Cc2ccccc2)c1)C(=O)c1ccc(NC(=O)C2CC2)cc1. The van der Waals surface area contributed by atoms with Gasteiger partial charge >= 0.3 is 0 Å². The van der Waals surface area contributed by atoms with E-state index in [1.54, 1.807) is 42.4 Å². The Hall–Kier alpha value is -3.41. The number of carbonyl (C=O) groups is 2. The van der Waals surface area contributed by atoms with Gasteiger partial charge in [0.2, 0.25) is 5.91 Å². The van der Waals surface area contributed by atoms with Gasteiger partial charge in [-0.2, -0.15) is 5.10 Å². The van der Waals surface area contributed by atoms with Crippen molar-refractivity contribution >= 4 is 17.5 Å². The van der Waals surface area contributed by atoms with E-state index in [9.17, 15) is 9.59 Å². The van der Waals surface area contributed by atoms with E-state index in [1.807, 2.05) is 29.1 Å². The number of hydrogen-bond acceptors (Lipinski definition) is 3. The van der Waals surface area contributed by atoms with Crippen LogP contribution in [0.15, 0.2) is 67.0 Å². The molecule has 0 unspecified atom stereocenters. The van der Waals surface area contributed by atoms with Crippen LogP contribution in [0.2, 0.25) is 0 Å². The zero-order chi connectivity index (χ0) is 20.2. The summed E-state index contributed by atoms with van der Waals surface area (Å²) in [5.74, 6) is 0.153. The Kier molecular flexibility index (Phi) is 5.42. The van der Waals surface area contributed by atoms with Crippen molar-refractivity contribution in [3.05, 3.63) is 83.7 Å². The number of nitrogens with one attached hydrogen (secondary N) is 1. The highest BCUT2D eigenvalue weighted by Crippen LogP contribution is 2.30. The van der Waals surface area contributed by atoms with Crippen LogP contribution in [0.5, 0.6) is 0 Å². The van der Waals surface area contributed by atoms with Gasteiger partial charge in [-0.3, -0.25) is 14.3 Å². The fraction of sp³-hybridized carbons (Fsp3) is 0.261. The van der Waals surface area contributed by atoms with Crippen LogP contribution in [0.1, 0.15) is 34.3 Å². The van der Waals surface area contributed by atoms with E-state index in [-0.39, 0.29) is 17.7 Å². The third kappa shape index (κ3) is 4.90. The quantitative estimate of drug-likeness (QED) is 0.673. The molecule has 1 aliphatic carbocycles. The molecule has 2 aromatic carbocycles. The topological polar surface area (TPSA) is 67.2 Å². The minimum Gasteiger partial charge on any atom is -0.337 e. The second-order valence-corrected chi connectivity index (χ2v) is 7.53. The minimum absolute atomic E-state index is 0.0636. The van der Waals surface area contributed by atoms with Crippen molar-refractivity contribution in [2.45, 2.75) is 25.9 Å². The molecule has 1 heterocycles. The van der Waals surface area contributed by atoms with Crippen molar-refractivity contribution in [3.8, 4) is 0 Å². The van der Waals surface area contributed by atoms with Crippen LogP contribution in [0.3, 0.4) is 0 Å². The maximum atomic E-state index is 12.7. The predicted octanol–water partition coefficient (Wildman–Crippen LogP) is 3.55. The lowest BCUT2D eigenvalue weighted by Gasteiger charge is -2.16. The Bertz CT molecular complexity index is 991. The lowest BCUT2D eigenvalue weighted by atomic mass is 10.1. The van der Waals surface area contributed by atoms with Crippen LogP contribution < -0.4 is 5.32 Å². The summed E-state index contributed by atoms with van der Waals surface area (Å²) in [6.07, 6.45) is 5.70. The lowest BCUT2D eigenvalue weighted by molar-refractivity contribution is -0.117. The molecule has 1 aliphatic rings. The average Bonchev–Trinajstić information content (AvgIpc) is 3.50. The van der Waals surface area contributed by atoms with Crippen molar-refractivity contribution in [3.63, 3.8) is 0 Å². The summed E-state index contributed by atoms with van der Waals surface area (Å²) < 4.78 is 1.88. The molecule has 148 valence electrons. The van der Waals surface area contributed by atoms with Gasteiger partial charge in [0.25, 0.3) is 5.91 Å². The Balaban J connectivity index is 1.33. The largest absolute Gasteiger partial charge is 0.337 e. The minimum atomic E-state index is -0.0686. The van der Waals surface area contributed by atoms with Gasteiger partial charge in [-0.15, -0.1) is 0 Å². The Labute approximate surface area is 170 Å². The Morgan fingerprint density at radius 1 is 1.07 bits per heavy atom. The number of aromatic nitrogens is 2. The standard InChI is InChI=1S/C23H24N4O2/c1-26(14-18-13-24-27(16-18)15-17-5-3-2-4-6-17)23(29)20-9-11-21(12-10-20)25-22(28)19-7-8-19/h2-6,9-13,16,19H,7-8,14-15H2,1H3,(H,25,28). The van der Waals surface area contributed by atoms with Crippen LogP contribution in [0, 0.1) is 5.92 Å². The number of benzene rings is 2. The van der Waals surface area contributed by atoms with Crippen molar-refractivity contribution in [1.29, 1.82) is 0 Å². The summed E-state index contributed by atoms with van der Waals surface area (Å²) in [6.45, 7) is 1.18. The van der Waals surface area contributed by atoms with E-state index in [0.717, 1.165) is 24.1 Å². The highest BCUT2D eigenvalue weighted by atomic mass is 16.2. The summed E-state index contributed by atoms with van der Waals surface area (Å²) in [7, 11) is 1.78. The number of anilines is 1. The van der Waals surface area contributed by atoms with Crippen molar-refractivity contribution in [2.24, 2.45) is 5.92 Å². The third-order valence-electron chi connectivity index (χ3n) is 4.99. The number of hydrogen-bond donors (Lipinski definition) is 1. The van der Waals surface area contributed by atoms with Crippen LogP contribution in [-0.2, 0) is 17.9 Å². The molecular formula is C23H24N4O2. The van der Waals surface area contributed by atoms with Gasteiger partial charge in [0, 0.05) is 42.5 Å². The van der Waals surface area contributed by atoms with Crippen LogP contribution in [0.4, 0.5) is 5.69 Å².